The van der Waals surface area contributed by atoms with E-state index in [1.165, 1.54) is 30.9 Å². The molecule has 1 aromatic heterocycles. The van der Waals surface area contributed by atoms with Crippen molar-refractivity contribution in [3.05, 3.63) is 18.2 Å². The number of hydrogen-bond donors (Lipinski definition) is 1. The highest BCUT2D eigenvalue weighted by molar-refractivity contribution is 5.69. The third-order valence-corrected chi connectivity index (χ3v) is 1.68. The zero-order valence-corrected chi connectivity index (χ0v) is 8.20. The van der Waals surface area contributed by atoms with Crippen molar-refractivity contribution in [2.24, 2.45) is 0 Å². The predicted molar refractivity (Wildman–Crippen MR) is 48.8 cm³/mol. The van der Waals surface area contributed by atoms with E-state index in [9.17, 15) is 9.18 Å². The average Bonchev–Trinajstić information content (AvgIpc) is 2.32. The van der Waals surface area contributed by atoms with E-state index >= 15 is 0 Å². The largest absolute Gasteiger partial charge is 0.481 e. The molecule has 0 aliphatic heterocycles. The Labute approximate surface area is 81.4 Å². The van der Waals surface area contributed by atoms with Gasteiger partial charge in [0.25, 0.3) is 0 Å². The van der Waals surface area contributed by atoms with Crippen LogP contribution in [0.4, 0.5) is 4.39 Å². The van der Waals surface area contributed by atoms with Gasteiger partial charge in [-0.3, -0.25) is 4.79 Å². The summed E-state index contributed by atoms with van der Waals surface area (Å²) < 4.78 is 14.8. The zero-order valence-electron chi connectivity index (χ0n) is 8.20. The van der Waals surface area contributed by atoms with Gasteiger partial charge in [-0.2, -0.15) is 0 Å². The number of imidazole rings is 1. The van der Waals surface area contributed by atoms with Crippen molar-refractivity contribution in [1.82, 2.24) is 9.55 Å². The van der Waals surface area contributed by atoms with E-state index in [1.807, 2.05) is 0 Å². The Bertz CT molecular complexity index is 328. The summed E-state index contributed by atoms with van der Waals surface area (Å²) in [6.07, 6.45) is 2.76. The lowest BCUT2D eigenvalue weighted by molar-refractivity contribution is -0.136. The van der Waals surface area contributed by atoms with Crippen LogP contribution in [0, 0.1) is 0 Å². The molecule has 1 rings (SSSR count). The quantitative estimate of drug-likeness (QED) is 0.796. The van der Waals surface area contributed by atoms with Gasteiger partial charge in [-0.15, -0.1) is 0 Å². The summed E-state index contributed by atoms with van der Waals surface area (Å²) in [7, 11) is 0. The van der Waals surface area contributed by atoms with Crippen molar-refractivity contribution in [3.8, 4) is 0 Å². The van der Waals surface area contributed by atoms with E-state index in [4.69, 9.17) is 5.11 Å². The highest BCUT2D eigenvalue weighted by atomic mass is 19.1. The average molecular weight is 200 g/mol. The Balaban J connectivity index is 2.77. The van der Waals surface area contributed by atoms with Gasteiger partial charge >= 0.3 is 5.97 Å². The number of carboxylic acid groups (broad SMARTS) is 1. The van der Waals surface area contributed by atoms with Crippen molar-refractivity contribution in [3.63, 3.8) is 0 Å². The first-order valence-electron chi connectivity index (χ1n) is 4.28. The molecule has 0 saturated heterocycles. The van der Waals surface area contributed by atoms with E-state index in [0.717, 1.165) is 0 Å². The summed E-state index contributed by atoms with van der Waals surface area (Å²) in [5.41, 5.74) is -0.850. The van der Waals surface area contributed by atoms with E-state index < -0.39 is 11.6 Å². The fraction of sp³-hybridized carbons (Fsp3) is 0.556. The Hall–Kier alpha value is -1.39. The normalized spacial score (nSPS) is 11.6. The van der Waals surface area contributed by atoms with Crippen LogP contribution >= 0.6 is 0 Å². The maximum absolute atomic E-state index is 13.3. The van der Waals surface area contributed by atoms with Gasteiger partial charge < -0.3 is 9.67 Å². The van der Waals surface area contributed by atoms with Crippen LogP contribution in [-0.4, -0.2) is 26.3 Å². The van der Waals surface area contributed by atoms with Gasteiger partial charge in [-0.25, -0.2) is 9.37 Å². The monoisotopic (exact) mass is 200 g/mol. The standard InChI is InChI=1S/C9H13FN2O2/c1-9(2,10)5-12-6-11-4-7(12)3-8(13)14/h4,6H,3,5H2,1-2H3,(H,13,14). The molecule has 0 fully saturated rings. The van der Waals surface area contributed by atoms with E-state index in [-0.39, 0.29) is 13.0 Å². The minimum atomic E-state index is -1.37. The zero-order chi connectivity index (χ0) is 10.8. The van der Waals surface area contributed by atoms with Gasteiger partial charge in [-0.1, -0.05) is 0 Å². The van der Waals surface area contributed by atoms with Crippen molar-refractivity contribution < 1.29 is 14.3 Å². The molecule has 0 aromatic carbocycles. The van der Waals surface area contributed by atoms with Crippen LogP contribution in [0.1, 0.15) is 19.5 Å². The Kier molecular flexibility index (Phi) is 2.88. The number of nitrogens with zero attached hydrogens (tertiary/aromatic N) is 2. The van der Waals surface area contributed by atoms with Gasteiger partial charge in [0.1, 0.15) is 5.67 Å². The summed E-state index contributed by atoms with van der Waals surface area (Å²) in [4.78, 5) is 14.2. The molecule has 0 aliphatic carbocycles. The van der Waals surface area contributed by atoms with Crippen LogP contribution in [0.3, 0.4) is 0 Å². The van der Waals surface area contributed by atoms with Gasteiger partial charge in [0, 0.05) is 11.9 Å². The molecule has 0 amide bonds. The number of aromatic nitrogens is 2. The Morgan fingerprint density at radius 2 is 2.36 bits per heavy atom. The molecule has 4 nitrogen and oxygen atoms in total. The summed E-state index contributed by atoms with van der Waals surface area (Å²) in [6, 6.07) is 0. The molecule has 0 bridgehead atoms. The van der Waals surface area contributed by atoms with Crippen LogP contribution in [0.25, 0.3) is 0 Å². The second-order valence-corrected chi connectivity index (χ2v) is 3.80. The molecule has 5 heteroatoms. The maximum Gasteiger partial charge on any atom is 0.309 e. The number of aliphatic carboxylic acids is 1. The smallest absolute Gasteiger partial charge is 0.309 e. The molecule has 0 saturated carbocycles. The SMILES string of the molecule is CC(C)(F)Cn1cncc1CC(=O)O. The van der Waals surface area contributed by atoms with Crippen molar-refractivity contribution in [1.29, 1.82) is 0 Å². The van der Waals surface area contributed by atoms with Crippen molar-refractivity contribution in [2.75, 3.05) is 0 Å². The second-order valence-electron chi connectivity index (χ2n) is 3.80. The van der Waals surface area contributed by atoms with Gasteiger partial charge in [0.05, 0.1) is 19.3 Å². The lowest BCUT2D eigenvalue weighted by atomic mass is 10.1. The molecule has 1 N–H and O–H groups in total. The minimum absolute atomic E-state index is 0.121. The molecule has 1 aromatic rings. The summed E-state index contributed by atoms with van der Waals surface area (Å²) >= 11 is 0. The highest BCUT2D eigenvalue weighted by Gasteiger charge is 2.18. The number of rotatable bonds is 4. The maximum atomic E-state index is 13.3. The number of hydrogen-bond acceptors (Lipinski definition) is 2. The third-order valence-electron chi connectivity index (χ3n) is 1.68. The van der Waals surface area contributed by atoms with Crippen LogP contribution in [0.15, 0.2) is 12.5 Å². The molecule has 0 atom stereocenters. The van der Waals surface area contributed by atoms with Crippen LogP contribution in [0.5, 0.6) is 0 Å². The first-order valence-corrected chi connectivity index (χ1v) is 4.28. The van der Waals surface area contributed by atoms with Gasteiger partial charge in [0.2, 0.25) is 0 Å². The second kappa shape index (κ2) is 3.77. The van der Waals surface area contributed by atoms with E-state index in [2.05, 4.69) is 4.98 Å². The van der Waals surface area contributed by atoms with E-state index in [1.54, 1.807) is 0 Å². The van der Waals surface area contributed by atoms with Crippen molar-refractivity contribution in [2.45, 2.75) is 32.5 Å². The topological polar surface area (TPSA) is 55.1 Å². The van der Waals surface area contributed by atoms with Gasteiger partial charge in [0.15, 0.2) is 0 Å². The Morgan fingerprint density at radius 3 is 2.86 bits per heavy atom. The number of carboxylic acids is 1. The highest BCUT2D eigenvalue weighted by Crippen LogP contribution is 2.13. The molecule has 78 valence electrons. The fourth-order valence-corrected chi connectivity index (χ4v) is 1.20. The van der Waals surface area contributed by atoms with Gasteiger partial charge in [-0.05, 0) is 13.8 Å². The molecular weight excluding hydrogens is 187 g/mol. The molecule has 0 aliphatic rings. The molecule has 0 radical (unpaired) electrons. The molecular formula is C9H13FN2O2. The molecule has 1 heterocycles. The Morgan fingerprint density at radius 1 is 1.71 bits per heavy atom. The molecule has 0 spiro atoms. The minimum Gasteiger partial charge on any atom is -0.481 e. The van der Waals surface area contributed by atoms with Crippen molar-refractivity contribution >= 4 is 5.97 Å². The van der Waals surface area contributed by atoms with E-state index in [0.29, 0.717) is 5.69 Å². The lowest BCUT2D eigenvalue weighted by Gasteiger charge is -2.16. The third kappa shape index (κ3) is 3.16. The predicted octanol–water partition coefficient (Wildman–Crippen LogP) is 1.26. The lowest BCUT2D eigenvalue weighted by Crippen LogP contribution is -2.22. The van der Waals surface area contributed by atoms with Crippen LogP contribution < -0.4 is 0 Å². The number of halogens is 1. The summed E-state index contributed by atoms with van der Waals surface area (Å²) in [5.74, 6) is -0.941. The fourth-order valence-electron chi connectivity index (χ4n) is 1.20. The number of carbonyl (C=O) groups is 1. The van der Waals surface area contributed by atoms with Crippen LogP contribution in [0.2, 0.25) is 0 Å². The first kappa shape index (κ1) is 10.7. The summed E-state index contributed by atoms with van der Waals surface area (Å²) in [5, 5.41) is 8.57. The molecule has 14 heavy (non-hydrogen) atoms. The molecule has 0 unspecified atom stereocenters. The first-order chi connectivity index (χ1) is 6.38. The van der Waals surface area contributed by atoms with Crippen LogP contribution in [-0.2, 0) is 17.8 Å². The summed E-state index contributed by atoms with van der Waals surface area (Å²) in [6.45, 7) is 3.00. The number of alkyl halides is 1.